The van der Waals surface area contributed by atoms with Crippen molar-refractivity contribution < 1.29 is 22.3 Å². The van der Waals surface area contributed by atoms with E-state index in [4.69, 9.17) is 16.3 Å². The lowest BCUT2D eigenvalue weighted by Gasteiger charge is -2.36. The Morgan fingerprint density at radius 1 is 1.03 bits per heavy atom. The minimum Gasteiger partial charge on any atom is -0.496 e. The van der Waals surface area contributed by atoms with E-state index in [0.29, 0.717) is 22.4 Å². The van der Waals surface area contributed by atoms with Gasteiger partial charge in [0.1, 0.15) is 16.5 Å². The van der Waals surface area contributed by atoms with Gasteiger partial charge in [0.15, 0.2) is 0 Å². The van der Waals surface area contributed by atoms with Gasteiger partial charge in [-0.1, -0.05) is 29.8 Å². The maximum atomic E-state index is 13.6. The van der Waals surface area contributed by atoms with Crippen molar-refractivity contribution in [2.24, 2.45) is 0 Å². The van der Waals surface area contributed by atoms with E-state index in [9.17, 15) is 17.6 Å². The molecule has 1 aliphatic rings. The lowest BCUT2D eigenvalue weighted by Crippen LogP contribution is -2.50. The van der Waals surface area contributed by atoms with Gasteiger partial charge in [-0.05, 0) is 66.9 Å². The average molecular weight is 475 g/mol. The quantitative estimate of drug-likeness (QED) is 0.505. The first-order valence-corrected chi connectivity index (χ1v) is 11.5. The molecule has 0 spiro atoms. The van der Waals surface area contributed by atoms with Gasteiger partial charge in [-0.15, -0.1) is 0 Å². The van der Waals surface area contributed by atoms with Crippen LogP contribution in [-0.2, 0) is 16.6 Å². The normalized spacial score (nSPS) is 15.0. The maximum absolute atomic E-state index is 13.6. The molecule has 1 heterocycles. The molecule has 0 saturated heterocycles. The fourth-order valence-electron chi connectivity index (χ4n) is 3.90. The number of anilines is 2. The first-order valence-electron chi connectivity index (χ1n) is 9.70. The second kappa shape index (κ2) is 8.11. The highest BCUT2D eigenvalue weighted by atomic mass is 35.5. The number of rotatable bonds is 4. The Morgan fingerprint density at radius 2 is 1.69 bits per heavy atom. The van der Waals surface area contributed by atoms with Gasteiger partial charge in [0, 0.05) is 5.02 Å². The standard InChI is InChI=1S/C23H20ClFN2O4S/c1-14-10-18(11-15(2)22(14)31-3)27-23(28)26(13-16-8-9-17(25)12-19(16)24)20-6-4-5-7-21(20)32(27,29)30/h4-12H,13H2,1-3H3. The molecule has 0 aliphatic carbocycles. The average Bonchev–Trinajstić information content (AvgIpc) is 2.72. The Hall–Kier alpha value is -3.10. The summed E-state index contributed by atoms with van der Waals surface area (Å²) < 4.78 is 46.6. The fraction of sp³-hybridized carbons (Fsp3) is 0.174. The molecular weight excluding hydrogens is 455 g/mol. The number of fused-ring (bicyclic) bond motifs is 1. The van der Waals surface area contributed by atoms with Crippen LogP contribution in [0.4, 0.5) is 20.6 Å². The van der Waals surface area contributed by atoms with E-state index in [1.807, 2.05) is 0 Å². The third kappa shape index (κ3) is 3.59. The van der Waals surface area contributed by atoms with Crippen molar-refractivity contribution in [1.82, 2.24) is 0 Å². The third-order valence-corrected chi connectivity index (χ3v) is 7.41. The van der Waals surface area contributed by atoms with Crippen LogP contribution in [0.5, 0.6) is 5.75 Å². The third-order valence-electron chi connectivity index (χ3n) is 5.31. The molecular formula is C23H20ClFN2O4S. The largest absolute Gasteiger partial charge is 0.496 e. The zero-order chi connectivity index (χ0) is 23.2. The summed E-state index contributed by atoms with van der Waals surface area (Å²) in [6, 6.07) is 12.6. The Balaban J connectivity index is 1.89. The highest BCUT2D eigenvalue weighted by Gasteiger charge is 2.42. The van der Waals surface area contributed by atoms with Crippen LogP contribution in [0, 0.1) is 19.7 Å². The number of sulfonamides is 1. The summed E-state index contributed by atoms with van der Waals surface area (Å²) in [6.45, 7) is 3.52. The number of methoxy groups -OCH3 is 1. The molecule has 4 rings (SSSR count). The smallest absolute Gasteiger partial charge is 0.343 e. The van der Waals surface area contributed by atoms with Crippen LogP contribution >= 0.6 is 11.6 Å². The highest BCUT2D eigenvalue weighted by molar-refractivity contribution is 7.94. The van der Waals surface area contributed by atoms with Crippen molar-refractivity contribution >= 4 is 39.0 Å². The van der Waals surface area contributed by atoms with Crippen LogP contribution in [0.15, 0.2) is 59.5 Å². The number of carbonyl (C=O) groups is 1. The molecule has 0 aromatic heterocycles. The highest BCUT2D eigenvalue weighted by Crippen LogP contribution is 2.40. The van der Waals surface area contributed by atoms with Gasteiger partial charge < -0.3 is 4.74 Å². The van der Waals surface area contributed by atoms with Crippen molar-refractivity contribution in [2.45, 2.75) is 25.3 Å². The molecule has 2 amide bonds. The molecule has 3 aromatic rings. The number of amides is 2. The molecule has 166 valence electrons. The molecule has 9 heteroatoms. The van der Waals surface area contributed by atoms with E-state index >= 15 is 0 Å². The van der Waals surface area contributed by atoms with Crippen molar-refractivity contribution in [3.8, 4) is 5.75 Å². The predicted octanol–water partition coefficient (Wildman–Crippen LogP) is 5.44. The minimum absolute atomic E-state index is 0.0102. The van der Waals surface area contributed by atoms with Gasteiger partial charge >= 0.3 is 6.03 Å². The Labute approximate surface area is 190 Å². The Morgan fingerprint density at radius 3 is 2.31 bits per heavy atom. The van der Waals surface area contributed by atoms with Crippen molar-refractivity contribution in [1.29, 1.82) is 0 Å². The number of hydrogen-bond donors (Lipinski definition) is 0. The number of hydrogen-bond acceptors (Lipinski definition) is 4. The molecule has 0 bridgehead atoms. The molecule has 0 radical (unpaired) electrons. The lowest BCUT2D eigenvalue weighted by atomic mass is 10.1. The number of urea groups is 1. The monoisotopic (exact) mass is 474 g/mol. The molecule has 1 aliphatic heterocycles. The molecule has 0 unspecified atom stereocenters. The number of halogens is 2. The van der Waals surface area contributed by atoms with Crippen LogP contribution in [-0.4, -0.2) is 21.6 Å². The number of benzene rings is 3. The number of ether oxygens (including phenoxy) is 1. The number of aryl methyl sites for hydroxylation is 2. The number of carbonyl (C=O) groups excluding carboxylic acids is 1. The topological polar surface area (TPSA) is 66.9 Å². The van der Waals surface area contributed by atoms with Gasteiger partial charge in [-0.25, -0.2) is 17.6 Å². The van der Waals surface area contributed by atoms with E-state index in [-0.39, 0.29) is 27.8 Å². The summed E-state index contributed by atoms with van der Waals surface area (Å²) in [7, 11) is -2.64. The van der Waals surface area contributed by atoms with Crippen LogP contribution < -0.4 is 13.9 Å². The van der Waals surface area contributed by atoms with Gasteiger partial charge in [0.25, 0.3) is 10.0 Å². The van der Waals surface area contributed by atoms with Gasteiger partial charge in [0.2, 0.25) is 0 Å². The predicted molar refractivity (Wildman–Crippen MR) is 122 cm³/mol. The van der Waals surface area contributed by atoms with E-state index in [1.165, 1.54) is 30.2 Å². The zero-order valence-electron chi connectivity index (χ0n) is 17.6. The van der Waals surface area contributed by atoms with Crippen LogP contribution in [0.1, 0.15) is 16.7 Å². The molecule has 6 nitrogen and oxygen atoms in total. The van der Waals surface area contributed by atoms with Crippen molar-refractivity contribution in [2.75, 3.05) is 16.3 Å². The summed E-state index contributed by atoms with van der Waals surface area (Å²) >= 11 is 6.18. The number of nitrogens with zero attached hydrogens (tertiary/aromatic N) is 2. The number of para-hydroxylation sites is 1. The summed E-state index contributed by atoms with van der Waals surface area (Å²) in [5.74, 6) is 0.114. The van der Waals surface area contributed by atoms with E-state index in [1.54, 1.807) is 44.2 Å². The molecule has 0 saturated carbocycles. The first-order chi connectivity index (χ1) is 15.1. The molecule has 3 aromatic carbocycles. The van der Waals surface area contributed by atoms with E-state index < -0.39 is 21.9 Å². The summed E-state index contributed by atoms with van der Waals surface area (Å²) in [5, 5.41) is 0.145. The summed E-state index contributed by atoms with van der Waals surface area (Å²) in [4.78, 5) is 14.9. The Bertz CT molecular complexity index is 1320. The van der Waals surface area contributed by atoms with E-state index in [0.717, 1.165) is 10.4 Å². The zero-order valence-corrected chi connectivity index (χ0v) is 19.2. The van der Waals surface area contributed by atoms with E-state index in [2.05, 4.69) is 0 Å². The molecule has 0 atom stereocenters. The van der Waals surface area contributed by atoms with Crippen molar-refractivity contribution in [3.05, 3.63) is 82.1 Å². The van der Waals surface area contributed by atoms with Crippen LogP contribution in [0.2, 0.25) is 5.02 Å². The van der Waals surface area contributed by atoms with Gasteiger partial charge in [0.05, 0.1) is 25.0 Å². The second-order valence-corrected chi connectivity index (χ2v) is 9.62. The van der Waals surface area contributed by atoms with Crippen LogP contribution in [0.3, 0.4) is 0 Å². The molecule has 0 N–H and O–H groups in total. The summed E-state index contributed by atoms with van der Waals surface area (Å²) in [5.41, 5.74) is 2.30. The SMILES string of the molecule is COc1c(C)cc(N2C(=O)N(Cc3ccc(F)cc3Cl)c3ccccc3S2(=O)=O)cc1C. The fourth-order valence-corrected chi connectivity index (χ4v) is 5.70. The van der Waals surface area contributed by atoms with Crippen molar-refractivity contribution in [3.63, 3.8) is 0 Å². The summed E-state index contributed by atoms with van der Waals surface area (Å²) in [6.07, 6.45) is 0. The van der Waals surface area contributed by atoms with Gasteiger partial charge in [-0.2, -0.15) is 4.31 Å². The second-order valence-electron chi connectivity index (χ2n) is 7.45. The Kier molecular flexibility index (Phi) is 5.60. The molecule has 32 heavy (non-hydrogen) atoms. The van der Waals surface area contributed by atoms with Crippen LogP contribution in [0.25, 0.3) is 0 Å². The molecule has 0 fully saturated rings. The van der Waals surface area contributed by atoms with Gasteiger partial charge in [-0.3, -0.25) is 4.90 Å². The maximum Gasteiger partial charge on any atom is 0.343 e. The first kappa shape index (κ1) is 22.1. The lowest BCUT2D eigenvalue weighted by molar-refractivity contribution is 0.253. The minimum atomic E-state index is -4.17.